The zero-order valence-electron chi connectivity index (χ0n) is 15.0. The molecule has 0 radical (unpaired) electrons. The third-order valence-corrected chi connectivity index (χ3v) is 5.02. The fraction of sp³-hybridized carbons (Fsp3) is 0.389. The van der Waals surface area contributed by atoms with Gasteiger partial charge in [-0.25, -0.2) is 4.98 Å². The largest absolute Gasteiger partial charge is 0.347 e. The van der Waals surface area contributed by atoms with Gasteiger partial charge in [-0.3, -0.25) is 19.8 Å². The normalized spacial score (nSPS) is 19.5. The molecule has 3 N–H and O–H groups in total. The molecule has 0 aliphatic carbocycles. The van der Waals surface area contributed by atoms with Crippen LogP contribution in [0, 0.1) is 5.92 Å². The van der Waals surface area contributed by atoms with Gasteiger partial charge in [0.25, 0.3) is 5.91 Å². The number of carbonyl (C=O) groups is 2. The number of likely N-dealkylation sites (tertiary alicyclic amines) is 1. The molecule has 0 bridgehead atoms. The number of pyridine rings is 1. The van der Waals surface area contributed by atoms with Gasteiger partial charge in [0, 0.05) is 37.3 Å². The van der Waals surface area contributed by atoms with Gasteiger partial charge in [0.1, 0.15) is 0 Å². The summed E-state index contributed by atoms with van der Waals surface area (Å²) in [5.74, 6) is 0.105. The summed E-state index contributed by atoms with van der Waals surface area (Å²) in [6, 6.07) is 1.68. The molecule has 4 heterocycles. The molecule has 27 heavy (non-hydrogen) atoms. The highest BCUT2D eigenvalue weighted by Crippen LogP contribution is 2.19. The molecule has 0 spiro atoms. The Labute approximate surface area is 155 Å². The second kappa shape index (κ2) is 7.18. The van der Waals surface area contributed by atoms with Crippen molar-refractivity contribution < 1.29 is 9.59 Å². The molecular formula is C18H21N7O2. The maximum absolute atomic E-state index is 12.6. The minimum Gasteiger partial charge on any atom is -0.347 e. The van der Waals surface area contributed by atoms with Crippen LogP contribution in [0.2, 0.25) is 0 Å². The Morgan fingerprint density at radius 3 is 2.96 bits per heavy atom. The molecule has 1 fully saturated rings. The van der Waals surface area contributed by atoms with Crippen LogP contribution >= 0.6 is 0 Å². The predicted octanol–water partition coefficient (Wildman–Crippen LogP) is 0.890. The minimum atomic E-state index is -0.185. The summed E-state index contributed by atoms with van der Waals surface area (Å²) in [5.41, 5.74) is 2.15. The van der Waals surface area contributed by atoms with Crippen LogP contribution in [-0.4, -0.2) is 61.2 Å². The van der Waals surface area contributed by atoms with Crippen molar-refractivity contribution in [3.63, 3.8) is 0 Å². The van der Waals surface area contributed by atoms with Crippen LogP contribution in [0.5, 0.6) is 0 Å². The standard InChI is InChI=1S/C18H21N7O2/c1-11-9-25(16(26)3-2-12-5-20-21-6-12)10-15(11)23-18(27)14-4-13-8-22-24-17(13)19-7-14/h4-8,11,15H,2-3,9-10H2,1H3,(H,20,21)(H,23,27)(H,19,22,24)/t11-,15-/m1/s1. The summed E-state index contributed by atoms with van der Waals surface area (Å²) in [5, 5.41) is 17.1. The van der Waals surface area contributed by atoms with E-state index in [0.29, 0.717) is 37.1 Å². The molecule has 140 valence electrons. The molecule has 2 amide bonds. The lowest BCUT2D eigenvalue weighted by atomic mass is 10.1. The Morgan fingerprint density at radius 2 is 2.15 bits per heavy atom. The zero-order valence-corrected chi connectivity index (χ0v) is 15.0. The molecule has 0 unspecified atom stereocenters. The van der Waals surface area contributed by atoms with Crippen molar-refractivity contribution in [3.05, 3.63) is 42.0 Å². The van der Waals surface area contributed by atoms with Crippen molar-refractivity contribution in [1.29, 1.82) is 0 Å². The first kappa shape index (κ1) is 17.2. The van der Waals surface area contributed by atoms with Gasteiger partial charge in [0.05, 0.1) is 24.0 Å². The third kappa shape index (κ3) is 3.67. The quantitative estimate of drug-likeness (QED) is 0.619. The molecule has 9 nitrogen and oxygen atoms in total. The maximum Gasteiger partial charge on any atom is 0.253 e. The second-order valence-corrected chi connectivity index (χ2v) is 6.99. The fourth-order valence-corrected chi connectivity index (χ4v) is 3.39. The monoisotopic (exact) mass is 367 g/mol. The Kier molecular flexibility index (Phi) is 4.57. The topological polar surface area (TPSA) is 120 Å². The van der Waals surface area contributed by atoms with E-state index in [0.717, 1.165) is 10.9 Å². The van der Waals surface area contributed by atoms with E-state index in [9.17, 15) is 9.59 Å². The lowest BCUT2D eigenvalue weighted by molar-refractivity contribution is -0.130. The van der Waals surface area contributed by atoms with Gasteiger partial charge in [0.15, 0.2) is 5.65 Å². The highest BCUT2D eigenvalue weighted by molar-refractivity contribution is 5.97. The fourth-order valence-electron chi connectivity index (χ4n) is 3.39. The lowest BCUT2D eigenvalue weighted by Gasteiger charge is -2.17. The number of nitrogens with one attached hydrogen (secondary N) is 3. The maximum atomic E-state index is 12.6. The smallest absolute Gasteiger partial charge is 0.253 e. The van der Waals surface area contributed by atoms with Crippen LogP contribution in [0.4, 0.5) is 0 Å². The summed E-state index contributed by atoms with van der Waals surface area (Å²) < 4.78 is 0. The number of nitrogens with zero attached hydrogens (tertiary/aromatic N) is 4. The molecule has 1 aliphatic rings. The Bertz CT molecular complexity index is 950. The lowest BCUT2D eigenvalue weighted by Crippen LogP contribution is -2.40. The molecule has 1 aliphatic heterocycles. The molecule has 0 saturated carbocycles. The minimum absolute atomic E-state index is 0.0737. The number of amides is 2. The Hall–Kier alpha value is -3.23. The third-order valence-electron chi connectivity index (χ3n) is 5.02. The van der Waals surface area contributed by atoms with Crippen molar-refractivity contribution in [2.75, 3.05) is 13.1 Å². The van der Waals surface area contributed by atoms with Crippen molar-refractivity contribution in [1.82, 2.24) is 35.6 Å². The highest BCUT2D eigenvalue weighted by Gasteiger charge is 2.33. The van der Waals surface area contributed by atoms with E-state index in [1.165, 1.54) is 6.20 Å². The number of H-pyrrole nitrogens is 2. The first-order chi connectivity index (χ1) is 13.1. The van der Waals surface area contributed by atoms with E-state index < -0.39 is 0 Å². The van der Waals surface area contributed by atoms with E-state index in [1.807, 2.05) is 11.8 Å². The van der Waals surface area contributed by atoms with Gasteiger partial charge in [-0.15, -0.1) is 0 Å². The van der Waals surface area contributed by atoms with E-state index in [1.54, 1.807) is 24.7 Å². The number of aryl methyl sites for hydroxylation is 1. The molecule has 4 rings (SSSR count). The highest BCUT2D eigenvalue weighted by atomic mass is 16.2. The number of carbonyl (C=O) groups excluding carboxylic acids is 2. The Morgan fingerprint density at radius 1 is 1.26 bits per heavy atom. The van der Waals surface area contributed by atoms with Crippen LogP contribution < -0.4 is 5.32 Å². The van der Waals surface area contributed by atoms with Crippen molar-refractivity contribution in [2.45, 2.75) is 25.8 Å². The molecule has 0 aromatic carbocycles. The molecule has 1 saturated heterocycles. The Balaban J connectivity index is 1.35. The van der Waals surface area contributed by atoms with Gasteiger partial charge in [-0.2, -0.15) is 10.2 Å². The molecule has 2 atom stereocenters. The molecular weight excluding hydrogens is 346 g/mol. The van der Waals surface area contributed by atoms with Crippen molar-refractivity contribution in [2.24, 2.45) is 5.92 Å². The average molecular weight is 367 g/mol. The van der Waals surface area contributed by atoms with Crippen LogP contribution in [0.15, 0.2) is 30.9 Å². The summed E-state index contributed by atoms with van der Waals surface area (Å²) in [6.07, 6.45) is 7.80. The number of hydrogen-bond acceptors (Lipinski definition) is 5. The van der Waals surface area contributed by atoms with Crippen LogP contribution in [0.25, 0.3) is 11.0 Å². The summed E-state index contributed by atoms with van der Waals surface area (Å²) >= 11 is 0. The van der Waals surface area contributed by atoms with Gasteiger partial charge in [0.2, 0.25) is 5.91 Å². The molecule has 3 aromatic heterocycles. The molecule has 9 heteroatoms. The van der Waals surface area contributed by atoms with Gasteiger partial charge < -0.3 is 10.2 Å². The van der Waals surface area contributed by atoms with Gasteiger partial charge in [-0.05, 0) is 24.0 Å². The summed E-state index contributed by atoms with van der Waals surface area (Å²) in [7, 11) is 0. The first-order valence-corrected chi connectivity index (χ1v) is 8.95. The van der Waals surface area contributed by atoms with Crippen molar-refractivity contribution >= 4 is 22.8 Å². The van der Waals surface area contributed by atoms with E-state index >= 15 is 0 Å². The number of rotatable bonds is 5. The average Bonchev–Trinajstić information content (AvgIpc) is 3.40. The van der Waals surface area contributed by atoms with E-state index in [4.69, 9.17) is 0 Å². The molecule has 3 aromatic rings. The summed E-state index contributed by atoms with van der Waals surface area (Å²) in [6.45, 7) is 3.22. The second-order valence-electron chi connectivity index (χ2n) is 6.99. The van der Waals surface area contributed by atoms with Crippen LogP contribution in [-0.2, 0) is 11.2 Å². The summed E-state index contributed by atoms with van der Waals surface area (Å²) in [4.78, 5) is 31.1. The van der Waals surface area contributed by atoms with E-state index in [2.05, 4.69) is 30.7 Å². The van der Waals surface area contributed by atoms with Crippen LogP contribution in [0.3, 0.4) is 0 Å². The number of fused-ring (bicyclic) bond motifs is 1. The number of aromatic amines is 2. The van der Waals surface area contributed by atoms with E-state index in [-0.39, 0.29) is 23.8 Å². The predicted molar refractivity (Wildman–Crippen MR) is 97.8 cm³/mol. The van der Waals surface area contributed by atoms with Gasteiger partial charge >= 0.3 is 0 Å². The number of aromatic nitrogens is 5. The van der Waals surface area contributed by atoms with Gasteiger partial charge in [-0.1, -0.05) is 6.92 Å². The first-order valence-electron chi connectivity index (χ1n) is 8.95. The van der Waals surface area contributed by atoms with Crippen molar-refractivity contribution in [3.8, 4) is 0 Å². The zero-order chi connectivity index (χ0) is 18.8. The SMILES string of the molecule is C[C@@H]1CN(C(=O)CCc2cn[nH]c2)C[C@H]1NC(=O)c1cnc2[nH]ncc2c1. The van der Waals surface area contributed by atoms with Crippen LogP contribution in [0.1, 0.15) is 29.3 Å². The number of hydrogen-bond donors (Lipinski definition) is 3.